The summed E-state index contributed by atoms with van der Waals surface area (Å²) < 4.78 is 11.6. The lowest BCUT2D eigenvalue weighted by Gasteiger charge is -2.33. The number of rotatable bonds is 9. The summed E-state index contributed by atoms with van der Waals surface area (Å²) in [4.78, 5) is 7.29. The summed E-state index contributed by atoms with van der Waals surface area (Å²) in [7, 11) is 3.46. The summed E-state index contributed by atoms with van der Waals surface area (Å²) in [5.74, 6) is 1.74. The minimum absolute atomic E-state index is 0.464. The summed E-state index contributed by atoms with van der Waals surface area (Å²) >= 11 is 3.52. The Labute approximate surface area is 171 Å². The van der Waals surface area contributed by atoms with Crippen LogP contribution in [-0.2, 0) is 11.3 Å². The Bertz CT molecular complexity index is 589. The molecule has 0 saturated carbocycles. The Morgan fingerprint density at radius 1 is 1.30 bits per heavy atom. The van der Waals surface area contributed by atoms with E-state index in [1.807, 2.05) is 12.1 Å². The van der Waals surface area contributed by atoms with Crippen LogP contribution >= 0.6 is 15.9 Å². The summed E-state index contributed by atoms with van der Waals surface area (Å²) in [5, 5.41) is 6.96. The lowest BCUT2D eigenvalue weighted by Crippen LogP contribution is -2.48. The molecule has 1 saturated heterocycles. The van der Waals surface area contributed by atoms with Crippen molar-refractivity contribution in [2.45, 2.75) is 38.8 Å². The number of hydrogen-bond acceptors (Lipinski definition) is 4. The predicted octanol–water partition coefficient (Wildman–Crippen LogP) is 3.01. The van der Waals surface area contributed by atoms with Gasteiger partial charge >= 0.3 is 0 Å². The standard InChI is InChI=1S/C20H33BrN4O2/c1-4-22-20(23-15-16-14-17(21)6-7-19(16)27-3)24-18-8-11-25(12-9-18)10-5-13-26-2/h6-7,14,18H,4-5,8-13,15H2,1-3H3,(H2,22,23,24). The Hall–Kier alpha value is -1.31. The number of aliphatic imine (C=N–C) groups is 1. The lowest BCUT2D eigenvalue weighted by molar-refractivity contribution is 0.155. The molecule has 1 aromatic rings. The van der Waals surface area contributed by atoms with Crippen LogP contribution in [0, 0.1) is 0 Å². The zero-order valence-electron chi connectivity index (χ0n) is 16.8. The number of hydrogen-bond donors (Lipinski definition) is 2. The number of benzene rings is 1. The molecule has 1 fully saturated rings. The molecule has 2 rings (SSSR count). The van der Waals surface area contributed by atoms with Crippen molar-refractivity contribution in [3.05, 3.63) is 28.2 Å². The quantitative estimate of drug-likeness (QED) is 0.351. The van der Waals surface area contributed by atoms with Gasteiger partial charge in [0.05, 0.1) is 13.7 Å². The molecule has 0 spiro atoms. The van der Waals surface area contributed by atoms with Crippen LogP contribution in [0.1, 0.15) is 31.7 Å². The van der Waals surface area contributed by atoms with Crippen molar-refractivity contribution in [1.29, 1.82) is 0 Å². The molecule has 0 amide bonds. The Morgan fingerprint density at radius 3 is 2.74 bits per heavy atom. The molecule has 0 radical (unpaired) electrons. The second kappa shape index (κ2) is 12.2. The summed E-state index contributed by atoms with van der Waals surface area (Å²) in [6.45, 7) is 7.73. The van der Waals surface area contributed by atoms with Crippen LogP contribution in [-0.4, -0.2) is 63.9 Å². The first-order valence-corrected chi connectivity index (χ1v) is 10.5. The molecule has 0 aromatic heterocycles. The third-order valence-electron chi connectivity index (χ3n) is 4.75. The highest BCUT2D eigenvalue weighted by Crippen LogP contribution is 2.23. The summed E-state index contributed by atoms with van der Waals surface area (Å²) in [6.07, 6.45) is 3.38. The van der Waals surface area contributed by atoms with E-state index < -0.39 is 0 Å². The third-order valence-corrected chi connectivity index (χ3v) is 5.24. The van der Waals surface area contributed by atoms with Crippen molar-refractivity contribution < 1.29 is 9.47 Å². The van der Waals surface area contributed by atoms with Gasteiger partial charge in [-0.25, -0.2) is 4.99 Å². The maximum atomic E-state index is 5.45. The van der Waals surface area contributed by atoms with E-state index in [-0.39, 0.29) is 0 Å². The number of nitrogens with one attached hydrogen (secondary N) is 2. The van der Waals surface area contributed by atoms with Gasteiger partial charge in [0.1, 0.15) is 5.75 Å². The van der Waals surface area contributed by atoms with Crippen molar-refractivity contribution in [2.24, 2.45) is 4.99 Å². The zero-order chi connectivity index (χ0) is 19.5. The predicted molar refractivity (Wildman–Crippen MR) is 115 cm³/mol. The van der Waals surface area contributed by atoms with Crippen LogP contribution < -0.4 is 15.4 Å². The van der Waals surface area contributed by atoms with Crippen molar-refractivity contribution >= 4 is 21.9 Å². The summed E-state index contributed by atoms with van der Waals surface area (Å²) in [6, 6.07) is 6.47. The second-order valence-corrected chi connectivity index (χ2v) is 7.67. The van der Waals surface area contributed by atoms with Gasteiger partial charge in [0.15, 0.2) is 5.96 Å². The molecule has 6 nitrogen and oxygen atoms in total. The number of piperidine rings is 1. The third kappa shape index (κ3) is 7.68. The van der Waals surface area contributed by atoms with Crippen molar-refractivity contribution in [3.63, 3.8) is 0 Å². The SMILES string of the molecule is CCNC(=NCc1cc(Br)ccc1OC)NC1CCN(CCCOC)CC1. The smallest absolute Gasteiger partial charge is 0.191 e. The molecular formula is C20H33BrN4O2. The Morgan fingerprint density at radius 2 is 2.07 bits per heavy atom. The molecule has 1 aromatic carbocycles. The lowest BCUT2D eigenvalue weighted by atomic mass is 10.1. The number of nitrogens with zero attached hydrogens (tertiary/aromatic N) is 2. The molecule has 1 aliphatic heterocycles. The monoisotopic (exact) mass is 440 g/mol. The van der Waals surface area contributed by atoms with E-state index in [0.717, 1.165) is 73.8 Å². The van der Waals surface area contributed by atoms with Crippen LogP contribution in [0.2, 0.25) is 0 Å². The molecule has 0 unspecified atom stereocenters. The van der Waals surface area contributed by atoms with Gasteiger partial charge in [-0.1, -0.05) is 15.9 Å². The average Bonchev–Trinajstić information content (AvgIpc) is 2.68. The van der Waals surface area contributed by atoms with Crippen LogP contribution in [0.4, 0.5) is 0 Å². The summed E-state index contributed by atoms with van der Waals surface area (Å²) in [5.41, 5.74) is 1.07. The Balaban J connectivity index is 1.88. The molecule has 2 N–H and O–H groups in total. The van der Waals surface area contributed by atoms with E-state index in [4.69, 9.17) is 14.5 Å². The molecule has 27 heavy (non-hydrogen) atoms. The molecule has 0 aliphatic carbocycles. The van der Waals surface area contributed by atoms with Crippen molar-refractivity contribution in [2.75, 3.05) is 47.0 Å². The highest BCUT2D eigenvalue weighted by Gasteiger charge is 2.19. The van der Waals surface area contributed by atoms with Crippen LogP contribution in [0.5, 0.6) is 5.75 Å². The largest absolute Gasteiger partial charge is 0.496 e. The number of halogens is 1. The molecule has 152 valence electrons. The zero-order valence-corrected chi connectivity index (χ0v) is 18.3. The van der Waals surface area contributed by atoms with E-state index >= 15 is 0 Å². The maximum absolute atomic E-state index is 5.45. The van der Waals surface area contributed by atoms with Crippen LogP contribution in [0.3, 0.4) is 0 Å². The van der Waals surface area contributed by atoms with E-state index in [9.17, 15) is 0 Å². The number of guanidine groups is 1. The second-order valence-electron chi connectivity index (χ2n) is 6.76. The number of likely N-dealkylation sites (tertiary alicyclic amines) is 1. The first kappa shape index (κ1) is 22.0. The van der Waals surface area contributed by atoms with E-state index in [1.54, 1.807) is 14.2 Å². The van der Waals surface area contributed by atoms with Crippen LogP contribution in [0.25, 0.3) is 0 Å². The van der Waals surface area contributed by atoms with Gasteiger partial charge < -0.3 is 25.0 Å². The minimum Gasteiger partial charge on any atom is -0.496 e. The minimum atomic E-state index is 0.464. The highest BCUT2D eigenvalue weighted by molar-refractivity contribution is 9.10. The van der Waals surface area contributed by atoms with Gasteiger partial charge in [-0.3, -0.25) is 0 Å². The number of methoxy groups -OCH3 is 2. The topological polar surface area (TPSA) is 58.1 Å². The number of ether oxygens (including phenoxy) is 2. The fourth-order valence-corrected chi connectivity index (χ4v) is 3.69. The van der Waals surface area contributed by atoms with E-state index in [0.29, 0.717) is 12.6 Å². The first-order chi connectivity index (χ1) is 13.2. The first-order valence-electron chi connectivity index (χ1n) is 9.74. The highest BCUT2D eigenvalue weighted by atomic mass is 79.9. The molecular weight excluding hydrogens is 408 g/mol. The van der Waals surface area contributed by atoms with E-state index in [1.165, 1.54) is 0 Å². The van der Waals surface area contributed by atoms with Gasteiger partial charge in [0.2, 0.25) is 0 Å². The fourth-order valence-electron chi connectivity index (χ4n) is 3.28. The van der Waals surface area contributed by atoms with Gasteiger partial charge in [-0.2, -0.15) is 0 Å². The van der Waals surface area contributed by atoms with Crippen molar-refractivity contribution in [1.82, 2.24) is 15.5 Å². The van der Waals surface area contributed by atoms with Gasteiger partial charge in [0.25, 0.3) is 0 Å². The van der Waals surface area contributed by atoms with Crippen molar-refractivity contribution in [3.8, 4) is 5.75 Å². The molecule has 7 heteroatoms. The molecule has 1 aliphatic rings. The normalized spacial score (nSPS) is 16.4. The molecule has 0 bridgehead atoms. The maximum Gasteiger partial charge on any atom is 0.191 e. The molecule has 1 heterocycles. The molecule has 0 atom stereocenters. The van der Waals surface area contributed by atoms with Crippen LogP contribution in [0.15, 0.2) is 27.7 Å². The van der Waals surface area contributed by atoms with Gasteiger partial charge in [0, 0.05) is 56.0 Å². The van der Waals surface area contributed by atoms with Gasteiger partial charge in [-0.05, 0) is 44.4 Å². The van der Waals surface area contributed by atoms with Gasteiger partial charge in [-0.15, -0.1) is 0 Å². The fraction of sp³-hybridized carbons (Fsp3) is 0.650. The average molecular weight is 441 g/mol. The Kier molecular flexibility index (Phi) is 9.94. The van der Waals surface area contributed by atoms with E-state index in [2.05, 4.69) is 44.5 Å².